The molecule has 0 saturated carbocycles. The first-order chi connectivity index (χ1) is 14.4. The molecule has 2 heterocycles. The van der Waals surface area contributed by atoms with Gasteiger partial charge in [0, 0.05) is 28.1 Å². The Morgan fingerprint density at radius 2 is 1.81 bits per heavy atom. The largest absolute Gasteiger partial charge is 0.492 e. The van der Waals surface area contributed by atoms with Crippen LogP contribution in [0.2, 0.25) is 15.1 Å². The van der Waals surface area contributed by atoms with Crippen molar-refractivity contribution in [3.63, 3.8) is 0 Å². The number of aliphatic carboxylic acids is 1. The normalized spacial score (nSPS) is 17.0. The van der Waals surface area contributed by atoms with E-state index in [0.29, 0.717) is 33.8 Å². The molecule has 9 heteroatoms. The van der Waals surface area contributed by atoms with Crippen LogP contribution >= 0.6 is 47.2 Å². The van der Waals surface area contributed by atoms with Crippen LogP contribution in [-0.4, -0.2) is 42.2 Å². The van der Waals surface area contributed by atoms with Gasteiger partial charge in [-0.15, -0.1) is 12.4 Å². The molecule has 0 amide bonds. The molecular formula is C22H23Cl4NO4. The fourth-order valence-electron chi connectivity index (χ4n) is 4.17. The monoisotopic (exact) mass is 505 g/mol. The quantitative estimate of drug-likeness (QED) is 0.532. The zero-order valence-corrected chi connectivity index (χ0v) is 19.8. The van der Waals surface area contributed by atoms with E-state index in [-0.39, 0.29) is 30.8 Å². The lowest BCUT2D eigenvalue weighted by Crippen LogP contribution is -2.44. The smallest absolute Gasteiger partial charge is 0.304 e. The predicted molar refractivity (Wildman–Crippen MR) is 125 cm³/mol. The molecule has 2 aliphatic heterocycles. The van der Waals surface area contributed by atoms with E-state index in [1.807, 2.05) is 18.2 Å². The molecule has 0 unspecified atom stereocenters. The van der Waals surface area contributed by atoms with Crippen molar-refractivity contribution >= 4 is 53.2 Å². The number of likely N-dealkylation sites (tertiary alicyclic amines) is 1. The highest BCUT2D eigenvalue weighted by atomic mass is 35.5. The van der Waals surface area contributed by atoms with E-state index in [1.165, 1.54) is 0 Å². The van der Waals surface area contributed by atoms with Crippen LogP contribution in [0.1, 0.15) is 30.4 Å². The first-order valence-electron chi connectivity index (χ1n) is 9.84. The Hall–Kier alpha value is -1.37. The van der Waals surface area contributed by atoms with Crippen molar-refractivity contribution in [2.45, 2.75) is 31.3 Å². The van der Waals surface area contributed by atoms with Gasteiger partial charge in [-0.1, -0.05) is 34.8 Å². The Balaban J connectivity index is 0.00000272. The molecule has 168 valence electrons. The van der Waals surface area contributed by atoms with Crippen LogP contribution in [0.5, 0.6) is 11.5 Å². The molecule has 0 atom stereocenters. The van der Waals surface area contributed by atoms with Crippen LogP contribution in [0.4, 0.5) is 0 Å². The fraction of sp³-hybridized carbons (Fsp3) is 0.409. The van der Waals surface area contributed by atoms with Crippen LogP contribution in [-0.2, 0) is 16.8 Å². The van der Waals surface area contributed by atoms with Gasteiger partial charge in [-0.2, -0.15) is 0 Å². The first kappa shape index (κ1) is 24.3. The van der Waals surface area contributed by atoms with Crippen molar-refractivity contribution in [1.82, 2.24) is 4.90 Å². The van der Waals surface area contributed by atoms with Gasteiger partial charge in [0.25, 0.3) is 0 Å². The minimum absolute atomic E-state index is 0. The minimum Gasteiger partial charge on any atom is -0.492 e. The van der Waals surface area contributed by atoms with Crippen molar-refractivity contribution in [3.8, 4) is 11.5 Å². The molecule has 0 radical (unpaired) electrons. The van der Waals surface area contributed by atoms with E-state index in [9.17, 15) is 4.79 Å². The number of halogens is 4. The van der Waals surface area contributed by atoms with Gasteiger partial charge < -0.3 is 19.5 Å². The van der Waals surface area contributed by atoms with Crippen molar-refractivity contribution in [2.75, 3.05) is 26.2 Å². The molecule has 1 fully saturated rings. The summed E-state index contributed by atoms with van der Waals surface area (Å²) >= 11 is 18.5. The van der Waals surface area contributed by atoms with E-state index in [2.05, 4.69) is 4.90 Å². The average Bonchev–Trinajstić information content (AvgIpc) is 3.04. The van der Waals surface area contributed by atoms with E-state index >= 15 is 0 Å². The van der Waals surface area contributed by atoms with Gasteiger partial charge in [-0.3, -0.25) is 4.79 Å². The summed E-state index contributed by atoms with van der Waals surface area (Å²) < 4.78 is 12.0. The molecule has 0 bridgehead atoms. The summed E-state index contributed by atoms with van der Waals surface area (Å²) in [5.74, 6) is 0.866. The number of nitrogens with zero attached hydrogens (tertiary/aromatic N) is 1. The van der Waals surface area contributed by atoms with Crippen LogP contribution in [0.15, 0.2) is 30.3 Å². The number of piperidine rings is 1. The van der Waals surface area contributed by atoms with Crippen LogP contribution < -0.4 is 9.47 Å². The maximum Gasteiger partial charge on any atom is 0.304 e. The summed E-state index contributed by atoms with van der Waals surface area (Å²) in [4.78, 5) is 13.0. The predicted octanol–water partition coefficient (Wildman–Crippen LogP) is 5.85. The molecule has 2 aromatic rings. The van der Waals surface area contributed by atoms with Gasteiger partial charge in [0.2, 0.25) is 0 Å². The number of hydrogen-bond acceptors (Lipinski definition) is 4. The summed E-state index contributed by atoms with van der Waals surface area (Å²) in [7, 11) is 0. The number of benzene rings is 2. The third kappa shape index (κ3) is 5.35. The Kier molecular flexibility index (Phi) is 7.87. The molecule has 31 heavy (non-hydrogen) atoms. The fourth-order valence-corrected chi connectivity index (χ4v) is 5.10. The average molecular weight is 507 g/mol. The van der Waals surface area contributed by atoms with E-state index in [1.54, 1.807) is 12.1 Å². The molecule has 2 aromatic carbocycles. The summed E-state index contributed by atoms with van der Waals surface area (Å²) in [5, 5.41) is 10.3. The summed E-state index contributed by atoms with van der Waals surface area (Å²) in [6.45, 7) is 3.19. The first-order valence-corrected chi connectivity index (χ1v) is 11.0. The number of carboxylic acid groups (broad SMARTS) is 1. The van der Waals surface area contributed by atoms with Gasteiger partial charge in [-0.05, 0) is 56.3 Å². The second kappa shape index (κ2) is 10.1. The van der Waals surface area contributed by atoms with Crippen LogP contribution in [0.25, 0.3) is 0 Å². The second-order valence-electron chi connectivity index (χ2n) is 7.85. The molecule has 4 rings (SSSR count). The SMILES string of the molecule is Cl.O=C(O)CCN1CCC2(CC1)COc1ccc(OCc3c(Cl)cc(Cl)cc3Cl)cc12. The van der Waals surface area contributed by atoms with Gasteiger partial charge in [0.05, 0.1) is 23.1 Å². The van der Waals surface area contributed by atoms with Crippen molar-refractivity contribution < 1.29 is 19.4 Å². The number of ether oxygens (including phenoxy) is 2. The Labute approximate surface area is 202 Å². The van der Waals surface area contributed by atoms with E-state index in [0.717, 1.165) is 43.0 Å². The number of carbonyl (C=O) groups is 1. The zero-order valence-electron chi connectivity index (χ0n) is 16.7. The van der Waals surface area contributed by atoms with Crippen LogP contribution in [0.3, 0.4) is 0 Å². The highest BCUT2D eigenvalue weighted by Crippen LogP contribution is 2.47. The molecule has 1 spiro atoms. The van der Waals surface area contributed by atoms with Crippen molar-refractivity contribution in [2.24, 2.45) is 0 Å². The molecule has 1 saturated heterocycles. The summed E-state index contributed by atoms with van der Waals surface area (Å²) in [6.07, 6.45) is 2.03. The van der Waals surface area contributed by atoms with Gasteiger partial charge in [0.1, 0.15) is 18.1 Å². The maximum atomic E-state index is 10.8. The number of fused-ring (bicyclic) bond motifs is 2. The number of carboxylic acids is 1. The topological polar surface area (TPSA) is 59.0 Å². The number of hydrogen-bond donors (Lipinski definition) is 1. The van der Waals surface area contributed by atoms with E-state index in [4.69, 9.17) is 49.4 Å². The lowest BCUT2D eigenvalue weighted by Gasteiger charge is -2.38. The highest BCUT2D eigenvalue weighted by molar-refractivity contribution is 6.39. The van der Waals surface area contributed by atoms with Gasteiger partial charge >= 0.3 is 5.97 Å². The lowest BCUT2D eigenvalue weighted by molar-refractivity contribution is -0.137. The Morgan fingerprint density at radius 3 is 2.45 bits per heavy atom. The molecule has 2 aliphatic rings. The molecule has 1 N–H and O–H groups in total. The third-order valence-electron chi connectivity index (χ3n) is 5.97. The van der Waals surface area contributed by atoms with Gasteiger partial charge in [-0.25, -0.2) is 0 Å². The lowest BCUT2D eigenvalue weighted by atomic mass is 9.74. The Bertz CT molecular complexity index is 938. The highest BCUT2D eigenvalue weighted by Gasteiger charge is 2.43. The van der Waals surface area contributed by atoms with Gasteiger partial charge in [0.15, 0.2) is 0 Å². The second-order valence-corrected chi connectivity index (χ2v) is 9.10. The standard InChI is InChI=1S/C22H22Cl3NO4.ClH/c23-14-9-18(24)16(19(25)10-14)12-29-15-1-2-20-17(11-15)22(13-30-20)4-7-26(8-5-22)6-3-21(27)28;/h1-2,9-11H,3-8,12-13H2,(H,27,28);1H. The summed E-state index contributed by atoms with van der Waals surface area (Å²) in [5.41, 5.74) is 1.80. The number of rotatable bonds is 6. The van der Waals surface area contributed by atoms with Crippen molar-refractivity contribution in [3.05, 3.63) is 56.5 Å². The Morgan fingerprint density at radius 1 is 1.13 bits per heavy atom. The van der Waals surface area contributed by atoms with Crippen molar-refractivity contribution in [1.29, 1.82) is 0 Å². The molecule has 5 nitrogen and oxygen atoms in total. The molecule has 0 aromatic heterocycles. The molecule has 0 aliphatic carbocycles. The third-order valence-corrected chi connectivity index (χ3v) is 6.86. The van der Waals surface area contributed by atoms with Crippen LogP contribution in [0, 0.1) is 0 Å². The zero-order chi connectivity index (χ0) is 21.3. The maximum absolute atomic E-state index is 10.8. The summed E-state index contributed by atoms with van der Waals surface area (Å²) in [6, 6.07) is 9.18. The van der Waals surface area contributed by atoms with E-state index < -0.39 is 5.97 Å². The molecular weight excluding hydrogens is 484 g/mol. The minimum atomic E-state index is -0.757.